The number of hydrogen-bond acceptors (Lipinski definition) is 13. The van der Waals surface area contributed by atoms with Crippen molar-refractivity contribution in [3.63, 3.8) is 0 Å². The van der Waals surface area contributed by atoms with Gasteiger partial charge in [0, 0.05) is 77.7 Å². The van der Waals surface area contributed by atoms with E-state index < -0.39 is 42.1 Å². The molecule has 2 amide bonds. The van der Waals surface area contributed by atoms with E-state index in [2.05, 4.69) is 49.4 Å². The number of benzene rings is 4. The molecule has 15 nitrogen and oxygen atoms in total. The fraction of sp³-hybridized carbons (Fsp3) is 0.614. The molecular formula is C70H96Cl2N4O11S2. The molecule has 4 aliphatic carbocycles. The van der Waals surface area contributed by atoms with Gasteiger partial charge in [0.15, 0.2) is 0 Å². The van der Waals surface area contributed by atoms with Crippen molar-refractivity contribution in [2.75, 3.05) is 76.6 Å². The van der Waals surface area contributed by atoms with Gasteiger partial charge in [-0.15, -0.1) is 0 Å². The van der Waals surface area contributed by atoms with E-state index in [1.165, 1.54) is 22.3 Å². The largest absolute Gasteiger partial charge is 0.490 e. The Hall–Kier alpha value is -4.59. The number of hydrogen-bond donors (Lipinski definition) is 4. The maximum Gasteiger partial charge on any atom is 0.264 e. The minimum absolute atomic E-state index is 0. The van der Waals surface area contributed by atoms with Gasteiger partial charge in [0.1, 0.15) is 11.5 Å². The molecule has 0 aromatic heterocycles. The van der Waals surface area contributed by atoms with Crippen LogP contribution in [-0.2, 0) is 52.9 Å². The van der Waals surface area contributed by atoms with E-state index in [0.717, 1.165) is 117 Å². The van der Waals surface area contributed by atoms with Crippen LogP contribution in [0, 0.1) is 23.7 Å². The maximum atomic E-state index is 13.8. The summed E-state index contributed by atoms with van der Waals surface area (Å²) in [6, 6.07) is 23.2. The summed E-state index contributed by atoms with van der Waals surface area (Å²) in [6.45, 7) is 8.25. The Kier molecular flexibility index (Phi) is 20.8. The third-order valence-corrected chi connectivity index (χ3v) is 26.2. The molecule has 4 aliphatic heterocycles. The monoisotopic (exact) mass is 1300 g/mol. The molecule has 4 aromatic rings. The van der Waals surface area contributed by atoms with Gasteiger partial charge in [-0.1, -0.05) is 82.3 Å². The van der Waals surface area contributed by atoms with Gasteiger partial charge in [0.05, 0.1) is 64.0 Å². The van der Waals surface area contributed by atoms with Crippen LogP contribution in [0.5, 0.6) is 11.5 Å². The molecule has 4 aromatic carbocycles. The molecule has 12 rings (SSSR count). The smallest absolute Gasteiger partial charge is 0.264 e. The number of rotatable bonds is 6. The summed E-state index contributed by atoms with van der Waals surface area (Å²) in [6.07, 6.45) is 16.1. The van der Waals surface area contributed by atoms with Crippen LogP contribution in [0.3, 0.4) is 0 Å². The first-order valence-electron chi connectivity index (χ1n) is 32.4. The number of sulfonamides is 1. The van der Waals surface area contributed by atoms with Crippen LogP contribution in [0.15, 0.2) is 72.8 Å². The van der Waals surface area contributed by atoms with Gasteiger partial charge in [0.2, 0.25) is 10.0 Å². The van der Waals surface area contributed by atoms with Gasteiger partial charge in [-0.05, 0) is 215 Å². The first-order chi connectivity index (χ1) is 42.1. The molecule has 4 heterocycles. The van der Waals surface area contributed by atoms with Gasteiger partial charge in [-0.25, -0.2) is 17.3 Å². The standard InChI is InChI=1S/C35H47ClN2O5S.C34H45ClN2O6S.CH4/c1-4-28-9-5-6-17-35(40,23-42-2)30-13-10-26(30)20-38-21-34(16-7-8-24-18-27(36)12-14-29(24)34)22-43-32-15-11-25(19-31(32)38)33(39)37-44(28,3)41;1-3-27-8-4-5-16-34(39,22-42-2)29-12-9-25(29)19-37-20-33(15-6-7-23-17-26(35)11-13-28(23)33)21-43-31-14-10-24(18-30(31)37)32(38)36-44(27,40)41;/h11-12,14-15,18-19,26,28,30,40H,3-10,13,16-17,20-23H2,1-2H3,(H,37,39,41);10-11,13-14,17-18,25,27,29,39H,3-9,12,15-16,19-22H2,1-2H3,(H,36,38);1H4/t26-,28+,30+,34-,35-,44?;25-,27+,29+,33-,34+;/m00./s1. The van der Waals surface area contributed by atoms with E-state index >= 15 is 0 Å². The third-order valence-electron chi connectivity index (χ3n) is 21.7. The molecule has 89 heavy (non-hydrogen) atoms. The molecule has 488 valence electrons. The number of methoxy groups -OCH3 is 2. The summed E-state index contributed by atoms with van der Waals surface area (Å²) in [5, 5.41) is 24.6. The Morgan fingerprint density at radius 2 is 1.04 bits per heavy atom. The summed E-state index contributed by atoms with van der Waals surface area (Å²) >= 11 is 12.8. The van der Waals surface area contributed by atoms with Gasteiger partial charge in [0.25, 0.3) is 11.8 Å². The zero-order valence-corrected chi connectivity index (χ0v) is 55.1. The highest BCUT2D eigenvalue weighted by Crippen LogP contribution is 2.52. The average Bonchev–Trinajstić information content (AvgIpc) is 1.86. The van der Waals surface area contributed by atoms with E-state index in [9.17, 15) is 32.4 Å². The Balaban J connectivity index is 0.000000194. The lowest BCUT2D eigenvalue weighted by Crippen LogP contribution is -2.54. The van der Waals surface area contributed by atoms with Crippen molar-refractivity contribution < 1.29 is 51.4 Å². The summed E-state index contributed by atoms with van der Waals surface area (Å²) < 4.78 is 69.9. The first-order valence-corrected chi connectivity index (χ1v) is 36.5. The molecule has 4 bridgehead atoms. The van der Waals surface area contributed by atoms with Gasteiger partial charge < -0.3 is 39.0 Å². The molecule has 2 saturated carbocycles. The quantitative estimate of drug-likeness (QED) is 0.133. The van der Waals surface area contributed by atoms with E-state index in [1.54, 1.807) is 38.5 Å². The second-order valence-corrected chi connectivity index (χ2v) is 32.4. The zero-order chi connectivity index (χ0) is 62.2. The number of halogens is 2. The highest BCUT2D eigenvalue weighted by molar-refractivity contribution is 7.99. The molecular weight excluding hydrogens is 1210 g/mol. The third kappa shape index (κ3) is 13.9. The highest BCUT2D eigenvalue weighted by atomic mass is 35.5. The SMILES string of the molecule is C.C=S1(=O)NC(=O)c2ccc3c(c2)N(C[C@@H]2CC[C@H]2[C@@](O)(COC)CCCC[C@H]1CC)C[C@@]1(CCCc2cc(Cl)ccc21)CO3.CC[C@@H]1CCCC[C@@](O)(COC)[C@@H]2CC[C@H]2CN2C[C@@]3(CCCc4cc(Cl)ccc43)COc3ccc(cc32)C(=O)NS1(=O)=O. The van der Waals surface area contributed by atoms with Crippen LogP contribution in [0.4, 0.5) is 11.4 Å². The minimum atomic E-state index is -3.89. The van der Waals surface area contributed by atoms with Crippen molar-refractivity contribution in [2.45, 2.75) is 182 Å². The molecule has 0 saturated heterocycles. The minimum Gasteiger partial charge on any atom is -0.490 e. The second kappa shape index (κ2) is 27.5. The van der Waals surface area contributed by atoms with Crippen molar-refractivity contribution >= 4 is 72.0 Å². The number of amides is 2. The van der Waals surface area contributed by atoms with E-state index in [0.29, 0.717) is 95.6 Å². The topological polar surface area (TPSA) is 193 Å². The number of anilines is 2. The molecule has 19 heteroatoms. The predicted octanol–water partition coefficient (Wildman–Crippen LogP) is 12.2. The Bertz CT molecular complexity index is 3220. The Morgan fingerprint density at radius 3 is 1.47 bits per heavy atom. The van der Waals surface area contributed by atoms with Gasteiger partial charge in [-0.3, -0.25) is 14.3 Å². The summed E-state index contributed by atoms with van der Waals surface area (Å²) in [5.41, 5.74) is 5.03. The maximum absolute atomic E-state index is 13.8. The van der Waals surface area contributed by atoms with Gasteiger partial charge in [-0.2, -0.15) is 0 Å². The van der Waals surface area contributed by atoms with Crippen LogP contribution in [-0.4, -0.2) is 129 Å². The Labute approximate surface area is 539 Å². The average molecular weight is 1300 g/mol. The second-order valence-electron chi connectivity index (χ2n) is 27.2. The molecule has 4 N–H and O–H groups in total. The van der Waals surface area contributed by atoms with Crippen molar-refractivity contribution in [1.29, 1.82) is 0 Å². The van der Waals surface area contributed by atoms with E-state index in [4.69, 9.17) is 42.1 Å². The number of carbonyl (C=O) groups excluding carboxylic acids is 2. The molecule has 1 unspecified atom stereocenters. The molecule has 11 atom stereocenters. The van der Waals surface area contributed by atoms with Crippen LogP contribution >= 0.6 is 23.2 Å². The number of carbonyl (C=O) groups is 2. The first kappa shape index (κ1) is 67.3. The van der Waals surface area contributed by atoms with Crippen molar-refractivity contribution in [2.24, 2.45) is 23.7 Å². The fourth-order valence-corrected chi connectivity index (χ4v) is 20.2. The van der Waals surface area contributed by atoms with Crippen molar-refractivity contribution in [3.05, 3.63) is 116 Å². The molecule has 0 radical (unpaired) electrons. The van der Waals surface area contributed by atoms with Gasteiger partial charge >= 0.3 is 0 Å². The van der Waals surface area contributed by atoms with Crippen LogP contribution in [0.2, 0.25) is 10.0 Å². The fourth-order valence-electron chi connectivity index (χ4n) is 16.7. The number of fused-ring (bicyclic) bond motifs is 8. The van der Waals surface area contributed by atoms with E-state index in [-0.39, 0.29) is 65.3 Å². The summed E-state index contributed by atoms with van der Waals surface area (Å²) in [7, 11) is -3.48. The normalized spacial score (nSPS) is 32.7. The lowest BCUT2D eigenvalue weighted by molar-refractivity contribution is -0.125. The lowest BCUT2D eigenvalue weighted by Gasteiger charge is -2.50. The zero-order valence-electron chi connectivity index (χ0n) is 51.9. The summed E-state index contributed by atoms with van der Waals surface area (Å²) in [4.78, 5) is 31.7. The van der Waals surface area contributed by atoms with Crippen LogP contribution in [0.25, 0.3) is 0 Å². The van der Waals surface area contributed by atoms with Crippen molar-refractivity contribution in [3.8, 4) is 11.5 Å². The van der Waals surface area contributed by atoms with Crippen LogP contribution in [0.1, 0.15) is 180 Å². The lowest BCUT2D eigenvalue weighted by atomic mass is 9.63. The number of nitrogens with one attached hydrogen (secondary N) is 2. The number of nitrogens with zero attached hydrogens (tertiary/aromatic N) is 2. The molecule has 8 aliphatic rings. The van der Waals surface area contributed by atoms with E-state index in [1.807, 2.05) is 38.1 Å². The molecule has 2 fully saturated rings. The molecule has 2 spiro atoms. The Morgan fingerprint density at radius 1 is 0.596 bits per heavy atom. The number of ether oxygens (including phenoxy) is 4. The van der Waals surface area contributed by atoms with Crippen molar-refractivity contribution in [1.82, 2.24) is 9.44 Å². The van der Waals surface area contributed by atoms with Crippen LogP contribution < -0.4 is 28.7 Å². The predicted molar refractivity (Wildman–Crippen MR) is 357 cm³/mol. The summed E-state index contributed by atoms with van der Waals surface area (Å²) in [5.74, 6) is 5.13. The number of aliphatic hydroxyl groups is 2. The number of aryl methyl sites for hydroxylation is 2. The highest BCUT2D eigenvalue weighted by Gasteiger charge is 2.51.